The van der Waals surface area contributed by atoms with E-state index in [4.69, 9.17) is 0 Å². The number of rotatable bonds is 4. The third-order valence-corrected chi connectivity index (χ3v) is 3.60. The van der Waals surface area contributed by atoms with Crippen molar-refractivity contribution in [3.05, 3.63) is 70.5 Å². The number of aryl methyl sites for hydroxylation is 2. The summed E-state index contributed by atoms with van der Waals surface area (Å²) in [5.74, 6) is -0.810. The molecule has 0 heterocycles. The van der Waals surface area contributed by atoms with Gasteiger partial charge in [-0.25, -0.2) is 4.39 Å². The van der Waals surface area contributed by atoms with E-state index in [1.165, 1.54) is 17.2 Å². The van der Waals surface area contributed by atoms with Crippen LogP contribution in [0.25, 0.3) is 0 Å². The van der Waals surface area contributed by atoms with Crippen molar-refractivity contribution >= 4 is 5.91 Å². The van der Waals surface area contributed by atoms with E-state index in [0.29, 0.717) is 5.56 Å². The summed E-state index contributed by atoms with van der Waals surface area (Å²) in [5.41, 5.74) is 2.97. The van der Waals surface area contributed by atoms with Crippen molar-refractivity contribution in [3.63, 3.8) is 0 Å². The topological polar surface area (TPSA) is 29.1 Å². The van der Waals surface area contributed by atoms with Crippen LogP contribution >= 0.6 is 0 Å². The molecule has 2 aromatic rings. The van der Waals surface area contributed by atoms with Gasteiger partial charge in [-0.2, -0.15) is 0 Å². The first-order valence-electron chi connectivity index (χ1n) is 7.09. The molecule has 1 N–H and O–H groups in total. The van der Waals surface area contributed by atoms with Gasteiger partial charge in [0, 0.05) is 6.04 Å². The van der Waals surface area contributed by atoms with Gasteiger partial charge >= 0.3 is 0 Å². The van der Waals surface area contributed by atoms with Crippen molar-refractivity contribution < 1.29 is 9.18 Å². The molecule has 0 aliphatic rings. The molecule has 0 aromatic heterocycles. The van der Waals surface area contributed by atoms with E-state index in [1.54, 1.807) is 19.1 Å². The van der Waals surface area contributed by atoms with Crippen molar-refractivity contribution in [3.8, 4) is 0 Å². The Balaban J connectivity index is 2.06. The van der Waals surface area contributed by atoms with Crippen molar-refractivity contribution in [2.24, 2.45) is 0 Å². The van der Waals surface area contributed by atoms with Crippen LogP contribution in [0.4, 0.5) is 4.39 Å². The number of carbonyl (C=O) groups excluding carboxylic acids is 1. The molecule has 2 nitrogen and oxygen atoms in total. The molecular formula is C18H20FNO. The summed E-state index contributed by atoms with van der Waals surface area (Å²) in [5, 5.41) is 2.86. The Morgan fingerprint density at radius 2 is 1.76 bits per heavy atom. The smallest absolute Gasteiger partial charge is 0.254 e. The Labute approximate surface area is 125 Å². The van der Waals surface area contributed by atoms with Crippen molar-refractivity contribution in [2.75, 3.05) is 0 Å². The molecular weight excluding hydrogens is 265 g/mol. The number of benzene rings is 2. The van der Waals surface area contributed by atoms with E-state index in [1.807, 2.05) is 38.1 Å². The minimum atomic E-state index is -0.446. The molecule has 0 fully saturated rings. The summed E-state index contributed by atoms with van der Waals surface area (Å²) in [4.78, 5) is 12.2. The predicted octanol–water partition coefficient (Wildman–Crippen LogP) is 3.80. The van der Waals surface area contributed by atoms with Gasteiger partial charge < -0.3 is 5.32 Å². The standard InChI is InChI=1S/C18H20FNO/c1-12-7-4-5-9-15(12)11-14(3)20-18(21)16-10-6-8-13(2)17(16)19/h4-10,14H,11H2,1-3H3,(H,20,21). The number of carbonyl (C=O) groups is 1. The summed E-state index contributed by atoms with van der Waals surface area (Å²) in [7, 11) is 0. The number of hydrogen-bond acceptors (Lipinski definition) is 1. The van der Waals surface area contributed by atoms with Crippen LogP contribution in [-0.4, -0.2) is 11.9 Å². The van der Waals surface area contributed by atoms with E-state index >= 15 is 0 Å². The number of amides is 1. The van der Waals surface area contributed by atoms with Gasteiger partial charge in [-0.05, 0) is 49.9 Å². The highest BCUT2D eigenvalue weighted by Crippen LogP contribution is 2.13. The van der Waals surface area contributed by atoms with E-state index in [0.717, 1.165) is 6.42 Å². The van der Waals surface area contributed by atoms with Gasteiger partial charge in [-0.3, -0.25) is 4.79 Å². The molecule has 0 saturated carbocycles. The maximum Gasteiger partial charge on any atom is 0.254 e. The molecule has 2 aromatic carbocycles. The van der Waals surface area contributed by atoms with Crippen molar-refractivity contribution in [2.45, 2.75) is 33.2 Å². The molecule has 0 bridgehead atoms. The van der Waals surface area contributed by atoms with E-state index in [2.05, 4.69) is 5.32 Å². The fraction of sp³-hybridized carbons (Fsp3) is 0.278. The zero-order chi connectivity index (χ0) is 15.4. The van der Waals surface area contributed by atoms with Gasteiger partial charge in [0.15, 0.2) is 0 Å². The number of hydrogen-bond donors (Lipinski definition) is 1. The quantitative estimate of drug-likeness (QED) is 0.909. The minimum Gasteiger partial charge on any atom is -0.349 e. The molecule has 2 rings (SSSR count). The lowest BCUT2D eigenvalue weighted by Crippen LogP contribution is -2.34. The van der Waals surface area contributed by atoms with Gasteiger partial charge in [-0.1, -0.05) is 36.4 Å². The zero-order valence-electron chi connectivity index (χ0n) is 12.6. The largest absolute Gasteiger partial charge is 0.349 e. The molecule has 21 heavy (non-hydrogen) atoms. The Kier molecular flexibility index (Phi) is 4.73. The Morgan fingerprint density at radius 1 is 1.10 bits per heavy atom. The molecule has 0 radical (unpaired) electrons. The molecule has 3 heteroatoms. The summed E-state index contributed by atoms with van der Waals surface area (Å²) in [6.07, 6.45) is 0.728. The second-order valence-electron chi connectivity index (χ2n) is 5.44. The van der Waals surface area contributed by atoms with Crippen LogP contribution < -0.4 is 5.32 Å². The number of halogens is 1. The molecule has 0 spiro atoms. The molecule has 1 unspecified atom stereocenters. The fourth-order valence-electron chi connectivity index (χ4n) is 2.34. The average Bonchev–Trinajstić information content (AvgIpc) is 2.44. The number of nitrogens with one attached hydrogen (secondary N) is 1. The normalized spacial score (nSPS) is 12.0. The SMILES string of the molecule is Cc1ccccc1CC(C)NC(=O)c1cccc(C)c1F. The van der Waals surface area contributed by atoms with Gasteiger partial charge in [-0.15, -0.1) is 0 Å². The van der Waals surface area contributed by atoms with Crippen LogP contribution in [0.5, 0.6) is 0 Å². The lowest BCUT2D eigenvalue weighted by Gasteiger charge is -2.16. The fourth-order valence-corrected chi connectivity index (χ4v) is 2.34. The second-order valence-corrected chi connectivity index (χ2v) is 5.44. The van der Waals surface area contributed by atoms with Gasteiger partial charge in [0.2, 0.25) is 0 Å². The Bertz CT molecular complexity index is 651. The molecule has 0 aliphatic heterocycles. The molecule has 1 amide bonds. The average molecular weight is 285 g/mol. The first kappa shape index (κ1) is 15.2. The molecule has 0 aliphatic carbocycles. The lowest BCUT2D eigenvalue weighted by molar-refractivity contribution is 0.0936. The zero-order valence-corrected chi connectivity index (χ0v) is 12.6. The van der Waals surface area contributed by atoms with E-state index in [-0.39, 0.29) is 17.5 Å². The van der Waals surface area contributed by atoms with Crippen LogP contribution in [0, 0.1) is 19.7 Å². The van der Waals surface area contributed by atoms with Gasteiger partial charge in [0.05, 0.1) is 5.56 Å². The van der Waals surface area contributed by atoms with Crippen LogP contribution in [0.15, 0.2) is 42.5 Å². The first-order valence-corrected chi connectivity index (χ1v) is 7.09. The minimum absolute atomic E-state index is 0.0569. The first-order chi connectivity index (χ1) is 9.99. The Hall–Kier alpha value is -2.16. The Morgan fingerprint density at radius 3 is 2.48 bits per heavy atom. The molecule has 0 saturated heterocycles. The van der Waals surface area contributed by atoms with Crippen LogP contribution in [0.1, 0.15) is 34.0 Å². The third-order valence-electron chi connectivity index (χ3n) is 3.60. The van der Waals surface area contributed by atoms with Crippen LogP contribution in [-0.2, 0) is 6.42 Å². The van der Waals surface area contributed by atoms with Crippen molar-refractivity contribution in [1.82, 2.24) is 5.32 Å². The second kappa shape index (κ2) is 6.53. The summed E-state index contributed by atoms with van der Waals surface area (Å²) in [6.45, 7) is 5.63. The summed E-state index contributed by atoms with van der Waals surface area (Å²) in [6, 6.07) is 12.9. The molecule has 1 atom stereocenters. The maximum absolute atomic E-state index is 13.9. The van der Waals surface area contributed by atoms with Gasteiger partial charge in [0.25, 0.3) is 5.91 Å². The maximum atomic E-state index is 13.9. The lowest BCUT2D eigenvalue weighted by atomic mass is 10.0. The monoisotopic (exact) mass is 285 g/mol. The molecule has 110 valence electrons. The van der Waals surface area contributed by atoms with E-state index in [9.17, 15) is 9.18 Å². The van der Waals surface area contributed by atoms with E-state index < -0.39 is 5.82 Å². The predicted molar refractivity (Wildman–Crippen MR) is 82.9 cm³/mol. The highest BCUT2D eigenvalue weighted by Gasteiger charge is 2.15. The summed E-state index contributed by atoms with van der Waals surface area (Å²) < 4.78 is 13.9. The van der Waals surface area contributed by atoms with Crippen LogP contribution in [0.2, 0.25) is 0 Å². The third kappa shape index (κ3) is 3.69. The highest BCUT2D eigenvalue weighted by molar-refractivity contribution is 5.94. The van der Waals surface area contributed by atoms with Gasteiger partial charge in [0.1, 0.15) is 5.82 Å². The highest BCUT2D eigenvalue weighted by atomic mass is 19.1. The van der Waals surface area contributed by atoms with Crippen molar-refractivity contribution in [1.29, 1.82) is 0 Å². The van der Waals surface area contributed by atoms with Crippen LogP contribution in [0.3, 0.4) is 0 Å². The summed E-state index contributed by atoms with van der Waals surface area (Å²) >= 11 is 0.